The fourth-order valence-corrected chi connectivity index (χ4v) is 1.97. The molecule has 0 spiro atoms. The lowest BCUT2D eigenvalue weighted by molar-refractivity contribution is 0.327. The number of nitrogens with zero attached hydrogens (tertiary/aromatic N) is 3. The van der Waals surface area contributed by atoms with E-state index < -0.39 is 0 Å². The van der Waals surface area contributed by atoms with E-state index in [1.165, 1.54) is 0 Å². The monoisotopic (exact) mass is 231 g/mol. The van der Waals surface area contributed by atoms with Crippen molar-refractivity contribution in [3.05, 3.63) is 54.2 Å². The van der Waals surface area contributed by atoms with Crippen LogP contribution in [-0.4, -0.2) is 36.2 Å². The van der Waals surface area contributed by atoms with E-state index >= 15 is 0 Å². The highest BCUT2D eigenvalue weighted by Crippen LogP contribution is 2.33. The lowest BCUT2D eigenvalue weighted by atomic mass is 10.3. The summed E-state index contributed by atoms with van der Waals surface area (Å²) in [5, 5.41) is 13.8. The minimum Gasteiger partial charge on any atom is -0.492 e. The van der Waals surface area contributed by atoms with Crippen LogP contribution in [0.4, 0.5) is 5.69 Å². The average molecular weight is 231 g/mol. The number of likely N-dealkylation sites (N-methyl/N-ethyl adjacent to an activating group) is 2. The van der Waals surface area contributed by atoms with Gasteiger partial charge in [-0.25, -0.2) is 5.01 Å². The molecule has 4 nitrogen and oxygen atoms in total. The van der Waals surface area contributed by atoms with Crippen molar-refractivity contribution >= 4 is 5.69 Å². The summed E-state index contributed by atoms with van der Waals surface area (Å²) < 4.78 is 0. The molecule has 1 aliphatic rings. The lowest BCUT2D eigenvalue weighted by Gasteiger charge is -2.27. The molecule has 0 atom stereocenters. The number of hydrazine groups is 1. The zero-order chi connectivity index (χ0) is 12.6. The van der Waals surface area contributed by atoms with Gasteiger partial charge < -0.3 is 10.0 Å². The topological polar surface area (TPSA) is 30.0 Å². The van der Waals surface area contributed by atoms with Crippen LogP contribution in [0.3, 0.4) is 0 Å². The van der Waals surface area contributed by atoms with Gasteiger partial charge in [0.05, 0.1) is 11.4 Å². The zero-order valence-electron chi connectivity index (χ0n) is 10.4. The number of aliphatic hydroxyl groups is 1. The third-order valence-electron chi connectivity index (χ3n) is 2.82. The highest BCUT2D eigenvalue weighted by molar-refractivity contribution is 5.56. The van der Waals surface area contributed by atoms with Crippen molar-refractivity contribution in [1.29, 1.82) is 0 Å². The molecule has 2 rings (SSSR count). The van der Waals surface area contributed by atoms with Gasteiger partial charge in [0.2, 0.25) is 5.88 Å². The van der Waals surface area contributed by atoms with E-state index in [2.05, 4.69) is 6.58 Å². The minimum atomic E-state index is 0.203. The standard InChI is InChI=1S/C13H17N3O/c1-10-12(14(2)3)13(17)16(15(10)4)11-8-6-5-7-9-11/h5-9,17H,1H2,2-4H3. The van der Waals surface area contributed by atoms with Crippen molar-refractivity contribution < 1.29 is 5.11 Å². The van der Waals surface area contributed by atoms with Gasteiger partial charge in [-0.15, -0.1) is 0 Å². The van der Waals surface area contributed by atoms with E-state index in [0.717, 1.165) is 17.1 Å². The zero-order valence-corrected chi connectivity index (χ0v) is 10.4. The summed E-state index contributed by atoms with van der Waals surface area (Å²) in [5.74, 6) is 0.203. The molecule has 1 aliphatic heterocycles. The van der Waals surface area contributed by atoms with Crippen LogP contribution in [0.2, 0.25) is 0 Å². The number of para-hydroxylation sites is 1. The quantitative estimate of drug-likeness (QED) is 0.844. The lowest BCUT2D eigenvalue weighted by Crippen LogP contribution is -2.32. The second kappa shape index (κ2) is 4.05. The molecule has 0 aromatic heterocycles. The summed E-state index contributed by atoms with van der Waals surface area (Å²) in [6.07, 6.45) is 0. The first kappa shape index (κ1) is 11.4. The van der Waals surface area contributed by atoms with Gasteiger partial charge in [0.1, 0.15) is 5.70 Å². The van der Waals surface area contributed by atoms with Crippen LogP contribution in [-0.2, 0) is 0 Å². The van der Waals surface area contributed by atoms with Crippen molar-refractivity contribution in [2.75, 3.05) is 26.2 Å². The van der Waals surface area contributed by atoms with Crippen LogP contribution in [0.25, 0.3) is 0 Å². The fourth-order valence-electron chi connectivity index (χ4n) is 1.97. The number of hydrogen-bond acceptors (Lipinski definition) is 4. The maximum absolute atomic E-state index is 10.3. The Kier molecular flexibility index (Phi) is 2.71. The van der Waals surface area contributed by atoms with Crippen LogP contribution < -0.4 is 5.01 Å². The van der Waals surface area contributed by atoms with Crippen LogP contribution in [0.1, 0.15) is 0 Å². The van der Waals surface area contributed by atoms with Crippen LogP contribution in [0.5, 0.6) is 0 Å². The largest absolute Gasteiger partial charge is 0.492 e. The van der Waals surface area contributed by atoms with Gasteiger partial charge in [-0.3, -0.25) is 5.01 Å². The van der Waals surface area contributed by atoms with Gasteiger partial charge in [-0.1, -0.05) is 24.8 Å². The molecule has 0 unspecified atom stereocenters. The first-order valence-electron chi connectivity index (χ1n) is 5.42. The highest BCUT2D eigenvalue weighted by atomic mass is 16.3. The second-order valence-corrected chi connectivity index (χ2v) is 4.18. The Morgan fingerprint density at radius 1 is 1.18 bits per heavy atom. The van der Waals surface area contributed by atoms with Gasteiger partial charge in [0.15, 0.2) is 0 Å². The molecule has 0 saturated heterocycles. The molecule has 0 bridgehead atoms. The Hall–Kier alpha value is -2.10. The Morgan fingerprint density at radius 2 is 1.76 bits per heavy atom. The maximum Gasteiger partial charge on any atom is 0.237 e. The van der Waals surface area contributed by atoms with Crippen molar-refractivity contribution in [3.63, 3.8) is 0 Å². The molecule has 0 fully saturated rings. The Bertz CT molecular complexity index is 465. The third-order valence-corrected chi connectivity index (χ3v) is 2.82. The SMILES string of the molecule is C=C1C(N(C)C)=C(O)N(c2ccccc2)N1C. The van der Waals surface area contributed by atoms with E-state index in [-0.39, 0.29) is 5.88 Å². The van der Waals surface area contributed by atoms with Crippen molar-refractivity contribution in [3.8, 4) is 0 Å². The molecule has 0 aliphatic carbocycles. The maximum atomic E-state index is 10.3. The predicted molar refractivity (Wildman–Crippen MR) is 69.2 cm³/mol. The number of rotatable bonds is 2. The molecule has 90 valence electrons. The Labute approximate surface area is 102 Å². The normalized spacial score (nSPS) is 15.8. The molecule has 1 heterocycles. The number of benzene rings is 1. The van der Waals surface area contributed by atoms with Crippen LogP contribution in [0.15, 0.2) is 54.2 Å². The van der Waals surface area contributed by atoms with E-state index in [4.69, 9.17) is 0 Å². The van der Waals surface area contributed by atoms with Gasteiger partial charge in [0.25, 0.3) is 0 Å². The van der Waals surface area contributed by atoms with Crippen molar-refractivity contribution in [2.24, 2.45) is 0 Å². The molecule has 0 radical (unpaired) electrons. The number of aliphatic hydroxyl groups excluding tert-OH is 1. The van der Waals surface area contributed by atoms with Crippen molar-refractivity contribution in [2.45, 2.75) is 0 Å². The summed E-state index contributed by atoms with van der Waals surface area (Å²) in [6, 6.07) is 9.71. The first-order chi connectivity index (χ1) is 8.04. The van der Waals surface area contributed by atoms with Gasteiger partial charge >= 0.3 is 0 Å². The molecular weight excluding hydrogens is 214 g/mol. The van der Waals surface area contributed by atoms with Crippen LogP contribution >= 0.6 is 0 Å². The third kappa shape index (κ3) is 1.71. The Morgan fingerprint density at radius 3 is 2.24 bits per heavy atom. The number of anilines is 1. The van der Waals surface area contributed by atoms with Gasteiger partial charge in [-0.05, 0) is 12.1 Å². The summed E-state index contributed by atoms with van der Waals surface area (Å²) in [4.78, 5) is 1.86. The molecule has 17 heavy (non-hydrogen) atoms. The van der Waals surface area contributed by atoms with E-state index in [0.29, 0.717) is 0 Å². The van der Waals surface area contributed by atoms with Crippen LogP contribution in [0, 0.1) is 0 Å². The Balaban J connectivity index is 2.46. The predicted octanol–water partition coefficient (Wildman–Crippen LogP) is 2.16. The molecule has 1 N–H and O–H groups in total. The van der Waals surface area contributed by atoms with Crippen molar-refractivity contribution in [1.82, 2.24) is 9.91 Å². The van der Waals surface area contributed by atoms with E-state index in [1.807, 2.05) is 61.4 Å². The highest BCUT2D eigenvalue weighted by Gasteiger charge is 2.32. The summed E-state index contributed by atoms with van der Waals surface area (Å²) in [7, 11) is 5.65. The molecule has 4 heteroatoms. The summed E-state index contributed by atoms with van der Waals surface area (Å²) in [5.41, 5.74) is 2.42. The first-order valence-corrected chi connectivity index (χ1v) is 5.42. The van der Waals surface area contributed by atoms with E-state index in [1.54, 1.807) is 5.01 Å². The second-order valence-electron chi connectivity index (χ2n) is 4.18. The van der Waals surface area contributed by atoms with Gasteiger partial charge in [0, 0.05) is 21.1 Å². The number of hydrogen-bond donors (Lipinski definition) is 1. The van der Waals surface area contributed by atoms with E-state index in [9.17, 15) is 5.11 Å². The minimum absolute atomic E-state index is 0.203. The van der Waals surface area contributed by atoms with Gasteiger partial charge in [-0.2, -0.15) is 0 Å². The molecule has 0 amide bonds. The smallest absolute Gasteiger partial charge is 0.237 e. The molecule has 0 saturated carbocycles. The molecule has 1 aromatic rings. The average Bonchev–Trinajstić information content (AvgIpc) is 2.51. The summed E-state index contributed by atoms with van der Waals surface area (Å²) >= 11 is 0. The molecule has 1 aromatic carbocycles. The molecular formula is C13H17N3O. The fraction of sp³-hybridized carbons (Fsp3) is 0.231. The summed E-state index contributed by atoms with van der Waals surface area (Å²) in [6.45, 7) is 3.99.